The van der Waals surface area contributed by atoms with Crippen molar-refractivity contribution in [2.24, 2.45) is 4.99 Å². The summed E-state index contributed by atoms with van der Waals surface area (Å²) in [5.74, 6) is -0.0333. The van der Waals surface area contributed by atoms with Gasteiger partial charge in [0.1, 0.15) is 17.3 Å². The number of hydrogen-bond acceptors (Lipinski definition) is 4. The van der Waals surface area contributed by atoms with Gasteiger partial charge in [0.05, 0.1) is 13.7 Å². The lowest BCUT2D eigenvalue weighted by molar-refractivity contribution is -0.115. The highest BCUT2D eigenvalue weighted by atomic mass is 127. The molecule has 0 bridgehead atoms. The van der Waals surface area contributed by atoms with Crippen molar-refractivity contribution in [3.05, 3.63) is 53.8 Å². The minimum atomic E-state index is -2.96. The molecule has 30 heavy (non-hydrogen) atoms. The van der Waals surface area contributed by atoms with Crippen molar-refractivity contribution in [1.29, 1.82) is 0 Å². The lowest BCUT2D eigenvalue weighted by Crippen LogP contribution is -2.41. The number of carbonyl (C=O) groups is 1. The van der Waals surface area contributed by atoms with Crippen molar-refractivity contribution in [1.82, 2.24) is 10.6 Å². The van der Waals surface area contributed by atoms with Crippen LogP contribution in [0.25, 0.3) is 0 Å². The van der Waals surface area contributed by atoms with Gasteiger partial charge in [-0.1, -0.05) is 0 Å². The van der Waals surface area contributed by atoms with Gasteiger partial charge in [0, 0.05) is 24.8 Å². The monoisotopic (exact) mass is 538 g/mol. The summed E-state index contributed by atoms with van der Waals surface area (Å²) in [4.78, 5) is 16.0. The van der Waals surface area contributed by atoms with E-state index in [1.807, 2.05) is 0 Å². The van der Waals surface area contributed by atoms with Gasteiger partial charge in [-0.05, 0) is 42.5 Å². The fourth-order valence-electron chi connectivity index (χ4n) is 2.33. The normalized spacial score (nSPS) is 10.8. The number of anilines is 1. The van der Waals surface area contributed by atoms with E-state index in [1.165, 1.54) is 50.6 Å². The Morgan fingerprint density at radius 1 is 1.13 bits per heavy atom. The van der Waals surface area contributed by atoms with Gasteiger partial charge in [-0.15, -0.1) is 24.0 Å². The second kappa shape index (κ2) is 12.8. The van der Waals surface area contributed by atoms with E-state index in [9.17, 15) is 18.0 Å². The quantitative estimate of drug-likeness (QED) is 0.273. The zero-order valence-electron chi connectivity index (χ0n) is 16.2. The smallest absolute Gasteiger partial charge is 0.387 e. The summed E-state index contributed by atoms with van der Waals surface area (Å²) in [5.41, 5.74) is 0.870. The first-order valence-electron chi connectivity index (χ1n) is 8.53. The third kappa shape index (κ3) is 8.35. The maximum Gasteiger partial charge on any atom is 0.387 e. The SMILES string of the molecule is CN=C(NCC(=O)Nc1ccc(F)cc1)NCc1cc(OC)ccc1OC(F)F.I. The van der Waals surface area contributed by atoms with E-state index < -0.39 is 12.4 Å². The Kier molecular flexibility index (Phi) is 10.8. The van der Waals surface area contributed by atoms with Crippen molar-refractivity contribution in [2.45, 2.75) is 13.2 Å². The van der Waals surface area contributed by atoms with Crippen LogP contribution in [-0.4, -0.2) is 39.2 Å². The average Bonchev–Trinajstić information content (AvgIpc) is 2.70. The maximum atomic E-state index is 12.9. The van der Waals surface area contributed by atoms with E-state index in [2.05, 4.69) is 25.7 Å². The molecule has 0 aliphatic heterocycles. The van der Waals surface area contributed by atoms with Gasteiger partial charge in [0.2, 0.25) is 5.91 Å². The number of alkyl halides is 2. The van der Waals surface area contributed by atoms with Crippen molar-refractivity contribution < 1.29 is 27.4 Å². The van der Waals surface area contributed by atoms with Crippen LogP contribution in [0.3, 0.4) is 0 Å². The van der Waals surface area contributed by atoms with Crippen molar-refractivity contribution in [2.75, 3.05) is 26.0 Å². The Morgan fingerprint density at radius 2 is 1.83 bits per heavy atom. The highest BCUT2D eigenvalue weighted by Gasteiger charge is 2.12. The van der Waals surface area contributed by atoms with E-state index in [4.69, 9.17) is 4.74 Å². The molecule has 0 aliphatic rings. The molecule has 1 amide bonds. The predicted molar refractivity (Wildman–Crippen MR) is 118 cm³/mol. The number of benzene rings is 2. The molecule has 164 valence electrons. The van der Waals surface area contributed by atoms with Crippen LogP contribution < -0.4 is 25.4 Å². The summed E-state index contributed by atoms with van der Waals surface area (Å²) in [6, 6.07) is 9.79. The number of aliphatic imine (C=N–C) groups is 1. The number of nitrogens with zero attached hydrogens (tertiary/aromatic N) is 1. The molecule has 0 unspecified atom stereocenters. The summed E-state index contributed by atoms with van der Waals surface area (Å²) >= 11 is 0. The minimum absolute atomic E-state index is 0. The molecular formula is C19H22F3IN4O3. The van der Waals surface area contributed by atoms with Crippen LogP contribution in [0.15, 0.2) is 47.5 Å². The molecule has 7 nitrogen and oxygen atoms in total. The highest BCUT2D eigenvalue weighted by molar-refractivity contribution is 14.0. The molecule has 0 aromatic heterocycles. The second-order valence-corrected chi connectivity index (χ2v) is 5.69. The molecule has 0 radical (unpaired) electrons. The first-order chi connectivity index (χ1) is 13.9. The highest BCUT2D eigenvalue weighted by Crippen LogP contribution is 2.25. The van der Waals surface area contributed by atoms with Gasteiger partial charge in [-0.3, -0.25) is 9.79 Å². The Balaban J connectivity index is 0.00000450. The van der Waals surface area contributed by atoms with Gasteiger partial charge >= 0.3 is 6.61 Å². The Hall–Kier alpha value is -2.70. The fourth-order valence-corrected chi connectivity index (χ4v) is 2.33. The maximum absolute atomic E-state index is 12.9. The van der Waals surface area contributed by atoms with Gasteiger partial charge in [-0.2, -0.15) is 8.78 Å². The molecule has 0 aliphatic carbocycles. The molecule has 2 aromatic rings. The van der Waals surface area contributed by atoms with Crippen LogP contribution in [0.5, 0.6) is 11.5 Å². The van der Waals surface area contributed by atoms with Crippen LogP contribution in [0.4, 0.5) is 18.9 Å². The first-order valence-corrected chi connectivity index (χ1v) is 8.53. The molecule has 0 fully saturated rings. The molecule has 0 saturated carbocycles. The standard InChI is InChI=1S/C19H21F3N4O3.HI/c1-23-19(25-11-17(27)26-14-5-3-13(20)4-6-14)24-10-12-9-15(28-2)7-8-16(12)29-18(21)22;/h3-9,18H,10-11H2,1-2H3,(H,26,27)(H2,23,24,25);1H. The van der Waals surface area contributed by atoms with Crippen molar-refractivity contribution >= 4 is 41.5 Å². The molecule has 0 heterocycles. The Bertz CT molecular complexity index is 851. The lowest BCUT2D eigenvalue weighted by atomic mass is 10.2. The van der Waals surface area contributed by atoms with Crippen LogP contribution in [-0.2, 0) is 11.3 Å². The van der Waals surface area contributed by atoms with Gasteiger partial charge in [0.25, 0.3) is 0 Å². The molecule has 11 heteroatoms. The Morgan fingerprint density at radius 3 is 2.43 bits per heavy atom. The number of hydrogen-bond donors (Lipinski definition) is 3. The van der Waals surface area contributed by atoms with Crippen LogP contribution in [0, 0.1) is 5.82 Å². The minimum Gasteiger partial charge on any atom is -0.497 e. The molecule has 0 spiro atoms. The number of rotatable bonds is 8. The fraction of sp³-hybridized carbons (Fsp3) is 0.263. The average molecular weight is 538 g/mol. The van der Waals surface area contributed by atoms with Crippen LogP contribution in [0.2, 0.25) is 0 Å². The van der Waals surface area contributed by atoms with E-state index in [0.29, 0.717) is 17.0 Å². The number of amides is 1. The topological polar surface area (TPSA) is 84.0 Å². The number of halogens is 4. The second-order valence-electron chi connectivity index (χ2n) is 5.69. The number of guanidine groups is 1. The molecular weight excluding hydrogens is 516 g/mol. The number of methoxy groups -OCH3 is 1. The summed E-state index contributed by atoms with van der Waals surface area (Å²) < 4.78 is 47.7. The molecule has 0 atom stereocenters. The van der Waals surface area contributed by atoms with Gasteiger partial charge < -0.3 is 25.4 Å². The summed E-state index contributed by atoms with van der Waals surface area (Å²) in [5, 5.41) is 8.30. The molecule has 3 N–H and O–H groups in total. The molecule has 2 aromatic carbocycles. The molecule has 0 saturated heterocycles. The van der Waals surface area contributed by atoms with E-state index in [0.717, 1.165) is 0 Å². The number of ether oxygens (including phenoxy) is 2. The summed E-state index contributed by atoms with van der Waals surface area (Å²) in [6.07, 6.45) is 0. The van der Waals surface area contributed by atoms with Crippen molar-refractivity contribution in [3.63, 3.8) is 0 Å². The third-order valence-corrected chi connectivity index (χ3v) is 3.70. The first kappa shape index (κ1) is 25.3. The zero-order valence-corrected chi connectivity index (χ0v) is 18.6. The number of nitrogens with one attached hydrogen (secondary N) is 3. The van der Waals surface area contributed by atoms with Crippen LogP contribution >= 0.6 is 24.0 Å². The number of carbonyl (C=O) groups excluding carboxylic acids is 1. The van der Waals surface area contributed by atoms with E-state index in [-0.39, 0.29) is 54.7 Å². The van der Waals surface area contributed by atoms with Gasteiger partial charge in [0.15, 0.2) is 5.96 Å². The van der Waals surface area contributed by atoms with E-state index in [1.54, 1.807) is 6.07 Å². The predicted octanol–water partition coefficient (Wildman–Crippen LogP) is 3.36. The summed E-state index contributed by atoms with van der Waals surface area (Å²) in [7, 11) is 2.95. The lowest BCUT2D eigenvalue weighted by Gasteiger charge is -2.15. The van der Waals surface area contributed by atoms with Crippen LogP contribution in [0.1, 0.15) is 5.56 Å². The zero-order chi connectivity index (χ0) is 21.2. The largest absolute Gasteiger partial charge is 0.497 e. The summed E-state index contributed by atoms with van der Waals surface area (Å²) in [6.45, 7) is -2.98. The molecule has 2 rings (SSSR count). The van der Waals surface area contributed by atoms with Crippen molar-refractivity contribution in [3.8, 4) is 11.5 Å². The van der Waals surface area contributed by atoms with Gasteiger partial charge in [-0.25, -0.2) is 4.39 Å². The van der Waals surface area contributed by atoms with E-state index >= 15 is 0 Å². The third-order valence-electron chi connectivity index (χ3n) is 3.70. The Labute approximate surface area is 189 Å².